The summed E-state index contributed by atoms with van der Waals surface area (Å²) in [5.74, 6) is 0.789. The number of carbonyl (C=O) groups is 1. The molecule has 1 saturated heterocycles. The van der Waals surface area contributed by atoms with Gasteiger partial charge in [0, 0.05) is 18.0 Å². The minimum atomic E-state index is -0.0837. The van der Waals surface area contributed by atoms with Crippen LogP contribution >= 0.6 is 11.6 Å². The number of hydroxylamine groups is 2. The van der Waals surface area contributed by atoms with Gasteiger partial charge in [0.1, 0.15) is 11.9 Å². The molecule has 5 heteroatoms. The Morgan fingerprint density at radius 3 is 2.85 bits per heavy atom. The zero-order chi connectivity index (χ0) is 13.9. The Labute approximate surface area is 123 Å². The predicted molar refractivity (Wildman–Crippen MR) is 75.5 cm³/mol. The van der Waals surface area contributed by atoms with E-state index in [1.165, 1.54) is 0 Å². The molecule has 1 atom stereocenters. The maximum Gasteiger partial charge on any atom is 0.328 e. The molecule has 0 N–H and O–H groups in total. The van der Waals surface area contributed by atoms with Gasteiger partial charge < -0.3 is 9.57 Å². The third-order valence-electron chi connectivity index (χ3n) is 3.86. The zero-order valence-electron chi connectivity index (χ0n) is 11.3. The van der Waals surface area contributed by atoms with Crippen molar-refractivity contribution in [1.82, 2.24) is 5.06 Å². The molecule has 1 aliphatic heterocycles. The van der Waals surface area contributed by atoms with E-state index in [0.29, 0.717) is 11.6 Å². The minimum Gasteiger partial charge on any atom is -0.489 e. The summed E-state index contributed by atoms with van der Waals surface area (Å²) in [4.78, 5) is 17.2. The standard InChI is InChI=1S/C15H18ClNO3/c16-12-5-2-6-13(9-12)19-14-7-8-17(10-14)20-15(18)11-3-1-4-11/h2,5-6,9,11,14H,1,3-4,7-8,10H2/t14-/m1/s1. The highest BCUT2D eigenvalue weighted by atomic mass is 35.5. The molecule has 1 aromatic carbocycles. The summed E-state index contributed by atoms with van der Waals surface area (Å²) in [7, 11) is 0. The van der Waals surface area contributed by atoms with Gasteiger partial charge in [0.2, 0.25) is 0 Å². The van der Waals surface area contributed by atoms with Crippen LogP contribution in [0, 0.1) is 5.92 Å². The normalized spacial score (nSPS) is 23.4. The molecule has 4 nitrogen and oxygen atoms in total. The number of nitrogens with zero attached hydrogens (tertiary/aromatic N) is 1. The van der Waals surface area contributed by atoms with Gasteiger partial charge in [0.05, 0.1) is 12.5 Å². The van der Waals surface area contributed by atoms with Crippen LogP contribution in [0.25, 0.3) is 0 Å². The molecule has 0 spiro atoms. The van der Waals surface area contributed by atoms with Crippen LogP contribution in [0.15, 0.2) is 24.3 Å². The second-order valence-electron chi connectivity index (χ2n) is 5.41. The third kappa shape index (κ3) is 3.25. The summed E-state index contributed by atoms with van der Waals surface area (Å²) in [6, 6.07) is 7.36. The summed E-state index contributed by atoms with van der Waals surface area (Å²) < 4.78 is 5.85. The molecule has 0 amide bonds. The van der Waals surface area contributed by atoms with Crippen molar-refractivity contribution in [2.75, 3.05) is 13.1 Å². The molecule has 3 rings (SSSR count). The van der Waals surface area contributed by atoms with Gasteiger partial charge in [-0.2, -0.15) is 0 Å². The van der Waals surface area contributed by atoms with Crippen molar-refractivity contribution >= 4 is 17.6 Å². The Hall–Kier alpha value is -1.26. The van der Waals surface area contributed by atoms with Crippen LogP contribution in [0.4, 0.5) is 0 Å². The Balaban J connectivity index is 1.48. The molecule has 20 heavy (non-hydrogen) atoms. The zero-order valence-corrected chi connectivity index (χ0v) is 12.0. The topological polar surface area (TPSA) is 38.8 Å². The number of halogens is 1. The molecule has 1 saturated carbocycles. The smallest absolute Gasteiger partial charge is 0.328 e. The molecular formula is C15H18ClNO3. The maximum atomic E-state index is 11.8. The van der Waals surface area contributed by atoms with E-state index in [0.717, 1.165) is 38.0 Å². The van der Waals surface area contributed by atoms with E-state index in [-0.39, 0.29) is 18.0 Å². The molecule has 1 heterocycles. The lowest BCUT2D eigenvalue weighted by atomic mass is 9.86. The van der Waals surface area contributed by atoms with Crippen LogP contribution in [-0.4, -0.2) is 30.2 Å². The fourth-order valence-electron chi connectivity index (χ4n) is 2.46. The van der Waals surface area contributed by atoms with Crippen molar-refractivity contribution in [3.63, 3.8) is 0 Å². The summed E-state index contributed by atoms with van der Waals surface area (Å²) >= 11 is 5.93. The Kier molecular flexibility index (Phi) is 4.13. The van der Waals surface area contributed by atoms with E-state index in [4.69, 9.17) is 21.2 Å². The van der Waals surface area contributed by atoms with Gasteiger partial charge in [-0.15, -0.1) is 5.06 Å². The van der Waals surface area contributed by atoms with Crippen molar-refractivity contribution in [2.24, 2.45) is 5.92 Å². The van der Waals surface area contributed by atoms with Crippen molar-refractivity contribution in [3.8, 4) is 5.75 Å². The van der Waals surface area contributed by atoms with Crippen molar-refractivity contribution < 1.29 is 14.4 Å². The molecule has 1 aliphatic carbocycles. The fourth-order valence-corrected chi connectivity index (χ4v) is 2.64. The minimum absolute atomic E-state index is 0.0441. The highest BCUT2D eigenvalue weighted by Crippen LogP contribution is 2.28. The first-order valence-corrected chi connectivity index (χ1v) is 7.47. The third-order valence-corrected chi connectivity index (χ3v) is 4.10. The van der Waals surface area contributed by atoms with Gasteiger partial charge in [-0.25, -0.2) is 0 Å². The first kappa shape index (κ1) is 13.7. The first-order chi connectivity index (χ1) is 9.70. The highest BCUT2D eigenvalue weighted by Gasteiger charge is 2.32. The maximum absolute atomic E-state index is 11.8. The quantitative estimate of drug-likeness (QED) is 0.856. The molecule has 2 fully saturated rings. The second-order valence-corrected chi connectivity index (χ2v) is 5.85. The Morgan fingerprint density at radius 2 is 2.15 bits per heavy atom. The van der Waals surface area contributed by atoms with Crippen LogP contribution in [0.1, 0.15) is 25.7 Å². The highest BCUT2D eigenvalue weighted by molar-refractivity contribution is 6.30. The summed E-state index contributed by atoms with van der Waals surface area (Å²) in [5, 5.41) is 2.38. The van der Waals surface area contributed by atoms with E-state index in [9.17, 15) is 4.79 Å². The average Bonchev–Trinajstić information content (AvgIpc) is 2.74. The first-order valence-electron chi connectivity index (χ1n) is 7.10. The number of rotatable bonds is 4. The molecule has 0 aromatic heterocycles. The van der Waals surface area contributed by atoms with Crippen molar-refractivity contribution in [1.29, 1.82) is 0 Å². The molecule has 108 valence electrons. The molecule has 0 bridgehead atoms. The van der Waals surface area contributed by atoms with Crippen LogP contribution in [-0.2, 0) is 9.63 Å². The average molecular weight is 296 g/mol. The fraction of sp³-hybridized carbons (Fsp3) is 0.533. The van der Waals surface area contributed by atoms with Crippen molar-refractivity contribution in [2.45, 2.75) is 31.8 Å². The van der Waals surface area contributed by atoms with Gasteiger partial charge >= 0.3 is 5.97 Å². The van der Waals surface area contributed by atoms with Gasteiger partial charge in [-0.1, -0.05) is 24.1 Å². The molecule has 0 unspecified atom stereocenters. The van der Waals surface area contributed by atoms with Gasteiger partial charge in [0.25, 0.3) is 0 Å². The number of hydrogen-bond acceptors (Lipinski definition) is 4. The second kappa shape index (κ2) is 6.02. The van der Waals surface area contributed by atoms with Crippen LogP contribution in [0.5, 0.6) is 5.75 Å². The van der Waals surface area contributed by atoms with E-state index in [1.807, 2.05) is 18.2 Å². The van der Waals surface area contributed by atoms with E-state index in [2.05, 4.69) is 0 Å². The molecule has 2 aliphatic rings. The Morgan fingerprint density at radius 1 is 1.30 bits per heavy atom. The number of benzene rings is 1. The van der Waals surface area contributed by atoms with Gasteiger partial charge in [-0.3, -0.25) is 4.79 Å². The lowest BCUT2D eigenvalue weighted by Gasteiger charge is -2.25. The predicted octanol–water partition coefficient (Wildman–Crippen LogP) is 3.05. The summed E-state index contributed by atoms with van der Waals surface area (Å²) in [5.41, 5.74) is 0. The van der Waals surface area contributed by atoms with E-state index >= 15 is 0 Å². The molecular weight excluding hydrogens is 278 g/mol. The lowest BCUT2D eigenvalue weighted by molar-refractivity contribution is -0.194. The summed E-state index contributed by atoms with van der Waals surface area (Å²) in [6.45, 7) is 1.34. The van der Waals surface area contributed by atoms with Crippen molar-refractivity contribution in [3.05, 3.63) is 29.3 Å². The van der Waals surface area contributed by atoms with Crippen LogP contribution < -0.4 is 4.74 Å². The van der Waals surface area contributed by atoms with Crippen LogP contribution in [0.2, 0.25) is 5.02 Å². The number of hydrogen-bond donors (Lipinski definition) is 0. The van der Waals surface area contributed by atoms with E-state index < -0.39 is 0 Å². The largest absolute Gasteiger partial charge is 0.489 e. The monoisotopic (exact) mass is 295 g/mol. The summed E-state index contributed by atoms with van der Waals surface area (Å²) in [6.07, 6.45) is 3.97. The van der Waals surface area contributed by atoms with Crippen LogP contribution in [0.3, 0.4) is 0 Å². The molecule has 0 radical (unpaired) electrons. The number of ether oxygens (including phenoxy) is 1. The van der Waals surface area contributed by atoms with E-state index in [1.54, 1.807) is 11.1 Å². The van der Waals surface area contributed by atoms with Gasteiger partial charge in [0.15, 0.2) is 0 Å². The Bertz CT molecular complexity index is 490. The SMILES string of the molecule is O=C(ON1CC[C@@H](Oc2cccc(Cl)c2)C1)C1CCC1. The molecule has 1 aromatic rings. The number of carbonyl (C=O) groups excluding carboxylic acids is 1. The lowest BCUT2D eigenvalue weighted by Crippen LogP contribution is -2.33. The van der Waals surface area contributed by atoms with Gasteiger partial charge in [-0.05, 0) is 31.0 Å².